The van der Waals surface area contributed by atoms with E-state index in [1.807, 2.05) is 19.9 Å². The van der Waals surface area contributed by atoms with Crippen molar-refractivity contribution in [2.75, 3.05) is 6.61 Å². The molecule has 0 amide bonds. The zero-order valence-electron chi connectivity index (χ0n) is 16.7. The molecule has 0 bridgehead atoms. The van der Waals surface area contributed by atoms with Gasteiger partial charge in [0, 0.05) is 0 Å². The second kappa shape index (κ2) is 14.7. The predicted octanol–water partition coefficient (Wildman–Crippen LogP) is 5.51. The number of allylic oxidation sites excluding steroid dienone is 3. The Labute approximate surface area is 153 Å². The van der Waals surface area contributed by atoms with Crippen LogP contribution in [0.2, 0.25) is 0 Å². The van der Waals surface area contributed by atoms with Crippen molar-refractivity contribution in [2.45, 2.75) is 92.1 Å². The van der Waals surface area contributed by atoms with E-state index < -0.39 is 0 Å². The highest BCUT2D eigenvalue weighted by Gasteiger charge is 2.12. The lowest BCUT2D eigenvalue weighted by atomic mass is 10.1. The highest BCUT2D eigenvalue weighted by Crippen LogP contribution is 2.09. The van der Waals surface area contributed by atoms with E-state index in [-0.39, 0.29) is 37.5 Å². The zero-order valence-corrected chi connectivity index (χ0v) is 16.7. The van der Waals surface area contributed by atoms with E-state index in [1.54, 1.807) is 0 Å². The normalized spacial score (nSPS) is 12.4. The van der Waals surface area contributed by atoms with Crippen LogP contribution in [0.4, 0.5) is 0 Å². The summed E-state index contributed by atoms with van der Waals surface area (Å²) in [4.78, 5) is 23.4. The number of ether oxygens (including phenoxy) is 2. The van der Waals surface area contributed by atoms with Crippen LogP contribution in [0.25, 0.3) is 0 Å². The van der Waals surface area contributed by atoms with Crippen LogP contribution in [0.1, 0.15) is 86.0 Å². The molecule has 1 unspecified atom stereocenters. The minimum Gasteiger partial charge on any atom is -0.463 e. The Kier molecular flexibility index (Phi) is 13.8. The molecule has 0 spiro atoms. The summed E-state index contributed by atoms with van der Waals surface area (Å²) >= 11 is 0. The second-order valence-electron chi connectivity index (χ2n) is 6.85. The molecule has 0 heterocycles. The second-order valence-corrected chi connectivity index (χ2v) is 6.85. The molecule has 144 valence electrons. The molecular weight excluding hydrogens is 316 g/mol. The van der Waals surface area contributed by atoms with E-state index in [4.69, 9.17) is 9.47 Å². The fourth-order valence-corrected chi connectivity index (χ4v) is 2.27. The van der Waals surface area contributed by atoms with Gasteiger partial charge in [-0.3, -0.25) is 9.59 Å². The van der Waals surface area contributed by atoms with Crippen molar-refractivity contribution >= 4 is 11.9 Å². The first kappa shape index (κ1) is 23.4. The molecule has 1 atom stereocenters. The fraction of sp³-hybridized carbons (Fsp3) is 0.714. The third-order valence-corrected chi connectivity index (χ3v) is 3.85. The van der Waals surface area contributed by atoms with Crippen molar-refractivity contribution in [1.82, 2.24) is 0 Å². The maximum Gasteiger partial charge on any atom is 0.306 e. The average molecular weight is 353 g/mol. The van der Waals surface area contributed by atoms with Gasteiger partial charge in [-0.15, -0.1) is 0 Å². The number of hydrogen-bond donors (Lipinski definition) is 0. The molecule has 4 heteroatoms. The number of carbonyl (C=O) groups is 2. The van der Waals surface area contributed by atoms with E-state index in [0.717, 1.165) is 38.5 Å². The van der Waals surface area contributed by atoms with Gasteiger partial charge in [-0.25, -0.2) is 0 Å². The minimum absolute atomic E-state index is 0.0746. The smallest absolute Gasteiger partial charge is 0.306 e. The van der Waals surface area contributed by atoms with Gasteiger partial charge in [0.2, 0.25) is 0 Å². The van der Waals surface area contributed by atoms with Crippen LogP contribution in [-0.2, 0) is 19.1 Å². The van der Waals surface area contributed by atoms with Crippen molar-refractivity contribution in [1.29, 1.82) is 0 Å². The standard InChI is InChI=1S/C21H36O4/c1-6-7-8-12-19(5)25-21(23)14-13-20(22)24-16-15-18(4)11-9-10-17(2)3/h10,15,19H,6-9,11-14,16H2,1-5H3/b18-15+. The minimum atomic E-state index is -0.357. The highest BCUT2D eigenvalue weighted by molar-refractivity contribution is 5.77. The number of rotatable bonds is 13. The number of esters is 2. The van der Waals surface area contributed by atoms with Crippen LogP contribution in [-0.4, -0.2) is 24.6 Å². The van der Waals surface area contributed by atoms with Gasteiger partial charge in [0.25, 0.3) is 0 Å². The van der Waals surface area contributed by atoms with Crippen molar-refractivity contribution in [3.05, 3.63) is 23.3 Å². The molecule has 0 fully saturated rings. The van der Waals surface area contributed by atoms with E-state index in [2.05, 4.69) is 26.8 Å². The van der Waals surface area contributed by atoms with E-state index in [1.165, 1.54) is 11.1 Å². The topological polar surface area (TPSA) is 52.6 Å². The van der Waals surface area contributed by atoms with Crippen molar-refractivity contribution in [3.8, 4) is 0 Å². The van der Waals surface area contributed by atoms with Gasteiger partial charge in [-0.2, -0.15) is 0 Å². The number of unbranched alkanes of at least 4 members (excludes halogenated alkanes) is 2. The van der Waals surface area contributed by atoms with Crippen LogP contribution in [0.5, 0.6) is 0 Å². The molecule has 0 aromatic carbocycles. The zero-order chi connectivity index (χ0) is 19.1. The van der Waals surface area contributed by atoms with Crippen LogP contribution in [0.15, 0.2) is 23.3 Å². The summed E-state index contributed by atoms with van der Waals surface area (Å²) in [7, 11) is 0. The first-order valence-electron chi connectivity index (χ1n) is 9.49. The maximum atomic E-state index is 11.7. The lowest BCUT2D eigenvalue weighted by molar-refractivity contribution is -0.152. The van der Waals surface area contributed by atoms with Crippen molar-refractivity contribution in [2.24, 2.45) is 0 Å². The number of carbonyl (C=O) groups excluding carboxylic acids is 2. The molecule has 0 N–H and O–H groups in total. The Hall–Kier alpha value is -1.58. The first-order valence-corrected chi connectivity index (χ1v) is 9.49. The fourth-order valence-electron chi connectivity index (χ4n) is 2.27. The van der Waals surface area contributed by atoms with Crippen LogP contribution in [0, 0.1) is 0 Å². The van der Waals surface area contributed by atoms with E-state index >= 15 is 0 Å². The van der Waals surface area contributed by atoms with E-state index in [0.29, 0.717) is 0 Å². The Morgan fingerprint density at radius 1 is 0.960 bits per heavy atom. The SMILES string of the molecule is CCCCCC(C)OC(=O)CCC(=O)OC/C=C(\C)CCC=C(C)C. The monoisotopic (exact) mass is 352 g/mol. The quantitative estimate of drug-likeness (QED) is 0.249. The lowest BCUT2D eigenvalue weighted by Gasteiger charge is -2.12. The Morgan fingerprint density at radius 3 is 2.28 bits per heavy atom. The molecule has 0 aromatic rings. The molecule has 0 aliphatic carbocycles. The summed E-state index contributed by atoms with van der Waals surface area (Å²) in [6.45, 7) is 10.5. The molecule has 0 saturated heterocycles. The van der Waals surface area contributed by atoms with Gasteiger partial charge in [0.05, 0.1) is 18.9 Å². The summed E-state index contributed by atoms with van der Waals surface area (Å²) in [5.41, 5.74) is 2.51. The first-order chi connectivity index (χ1) is 11.8. The van der Waals surface area contributed by atoms with Gasteiger partial charge in [-0.1, -0.05) is 37.0 Å². The van der Waals surface area contributed by atoms with Crippen LogP contribution >= 0.6 is 0 Å². The van der Waals surface area contributed by atoms with E-state index in [9.17, 15) is 9.59 Å². The summed E-state index contributed by atoms with van der Waals surface area (Å²) in [6, 6.07) is 0. The van der Waals surface area contributed by atoms with Crippen molar-refractivity contribution < 1.29 is 19.1 Å². The van der Waals surface area contributed by atoms with Crippen molar-refractivity contribution in [3.63, 3.8) is 0 Å². The average Bonchev–Trinajstić information content (AvgIpc) is 2.52. The third kappa shape index (κ3) is 15.7. The Bertz CT molecular complexity index is 445. The number of hydrogen-bond acceptors (Lipinski definition) is 4. The lowest BCUT2D eigenvalue weighted by Crippen LogP contribution is -2.16. The summed E-state index contributed by atoms with van der Waals surface area (Å²) in [5, 5.41) is 0. The molecule has 0 rings (SSSR count). The Morgan fingerprint density at radius 2 is 1.64 bits per heavy atom. The molecule has 0 radical (unpaired) electrons. The Balaban J connectivity index is 3.85. The molecule has 0 aromatic heterocycles. The van der Waals surface area contributed by atoms with Gasteiger partial charge in [-0.05, 0) is 59.5 Å². The maximum absolute atomic E-state index is 11.7. The molecule has 25 heavy (non-hydrogen) atoms. The third-order valence-electron chi connectivity index (χ3n) is 3.85. The molecule has 4 nitrogen and oxygen atoms in total. The van der Waals surface area contributed by atoms with Crippen LogP contribution in [0.3, 0.4) is 0 Å². The van der Waals surface area contributed by atoms with Gasteiger partial charge in [0.15, 0.2) is 0 Å². The summed E-state index contributed by atoms with van der Waals surface area (Å²) in [6.07, 6.45) is 10.4. The molecule has 0 aliphatic heterocycles. The molecule has 0 saturated carbocycles. The summed E-state index contributed by atoms with van der Waals surface area (Å²) < 4.78 is 10.4. The van der Waals surface area contributed by atoms with Gasteiger partial charge in [0.1, 0.15) is 6.61 Å². The van der Waals surface area contributed by atoms with Crippen LogP contribution < -0.4 is 0 Å². The van der Waals surface area contributed by atoms with Gasteiger partial charge < -0.3 is 9.47 Å². The largest absolute Gasteiger partial charge is 0.463 e. The predicted molar refractivity (Wildman–Crippen MR) is 102 cm³/mol. The van der Waals surface area contributed by atoms with Gasteiger partial charge >= 0.3 is 11.9 Å². The molecular formula is C21H36O4. The summed E-state index contributed by atoms with van der Waals surface area (Å²) in [5.74, 6) is -0.682. The highest BCUT2D eigenvalue weighted by atomic mass is 16.5. The molecule has 0 aliphatic rings.